The molecule has 0 radical (unpaired) electrons. The molecule has 0 spiro atoms. The van der Waals surface area contributed by atoms with Gasteiger partial charge in [-0.3, -0.25) is 4.68 Å². The Hall–Kier alpha value is -1.56. The van der Waals surface area contributed by atoms with Gasteiger partial charge in [0.15, 0.2) is 0 Å². The van der Waals surface area contributed by atoms with Crippen molar-refractivity contribution in [1.82, 2.24) is 15.1 Å². The van der Waals surface area contributed by atoms with E-state index in [1.54, 1.807) is 6.20 Å². The second-order valence-corrected chi connectivity index (χ2v) is 2.69. The molecule has 0 aliphatic rings. The molecule has 1 rings (SSSR count). The highest BCUT2D eigenvalue weighted by Crippen LogP contribution is 1.82. The first-order valence-corrected chi connectivity index (χ1v) is 4.39. The van der Waals surface area contributed by atoms with E-state index in [0.717, 1.165) is 13.1 Å². The van der Waals surface area contributed by atoms with Crippen LogP contribution in [0.5, 0.6) is 0 Å². The minimum absolute atomic E-state index is 0.300. The first-order chi connectivity index (χ1) is 6.79. The van der Waals surface area contributed by atoms with Gasteiger partial charge >= 0.3 is 6.09 Å². The number of amides is 1. The quantitative estimate of drug-likeness (QED) is 0.607. The summed E-state index contributed by atoms with van der Waals surface area (Å²) in [7, 11) is 0. The number of rotatable bonds is 6. The molecule has 0 fully saturated rings. The van der Waals surface area contributed by atoms with Gasteiger partial charge in [0.1, 0.15) is 6.61 Å². The highest BCUT2D eigenvalue weighted by Gasteiger charge is 1.93. The monoisotopic (exact) mass is 198 g/mol. The largest absolute Gasteiger partial charge is 0.448 e. The lowest BCUT2D eigenvalue weighted by molar-refractivity contribution is 0.157. The normalized spacial score (nSPS) is 10.0. The van der Waals surface area contributed by atoms with E-state index < -0.39 is 6.09 Å². The van der Waals surface area contributed by atoms with E-state index in [0.29, 0.717) is 13.2 Å². The Morgan fingerprint density at radius 3 is 3.07 bits per heavy atom. The van der Waals surface area contributed by atoms with Gasteiger partial charge in [0, 0.05) is 25.5 Å². The predicted molar refractivity (Wildman–Crippen MR) is 50.6 cm³/mol. The maximum Gasteiger partial charge on any atom is 0.404 e. The van der Waals surface area contributed by atoms with E-state index in [1.807, 2.05) is 16.9 Å². The number of nitrogens with zero attached hydrogens (tertiary/aromatic N) is 2. The molecular formula is C8H14N4O2. The molecule has 1 aromatic heterocycles. The third kappa shape index (κ3) is 4.46. The average molecular weight is 198 g/mol. The smallest absolute Gasteiger partial charge is 0.404 e. The first-order valence-electron chi connectivity index (χ1n) is 4.39. The lowest BCUT2D eigenvalue weighted by Crippen LogP contribution is -2.26. The molecule has 0 aliphatic heterocycles. The van der Waals surface area contributed by atoms with Crippen molar-refractivity contribution >= 4 is 6.09 Å². The Labute approximate surface area is 82.0 Å². The topological polar surface area (TPSA) is 82.2 Å². The van der Waals surface area contributed by atoms with Crippen molar-refractivity contribution in [3.63, 3.8) is 0 Å². The summed E-state index contributed by atoms with van der Waals surface area (Å²) in [5.74, 6) is 0. The number of hydrogen-bond donors (Lipinski definition) is 2. The van der Waals surface area contributed by atoms with Gasteiger partial charge in [-0.25, -0.2) is 4.79 Å². The highest BCUT2D eigenvalue weighted by atomic mass is 16.5. The molecule has 0 saturated heterocycles. The number of aromatic nitrogens is 2. The summed E-state index contributed by atoms with van der Waals surface area (Å²) in [5, 5.41) is 7.12. The molecule has 0 saturated carbocycles. The lowest BCUT2D eigenvalue weighted by atomic mass is 10.6. The van der Waals surface area contributed by atoms with E-state index in [1.165, 1.54) is 0 Å². The Morgan fingerprint density at radius 2 is 2.43 bits per heavy atom. The highest BCUT2D eigenvalue weighted by molar-refractivity contribution is 5.64. The fraction of sp³-hybridized carbons (Fsp3) is 0.500. The van der Waals surface area contributed by atoms with Gasteiger partial charge in [-0.15, -0.1) is 0 Å². The van der Waals surface area contributed by atoms with Crippen molar-refractivity contribution in [3.8, 4) is 0 Å². The van der Waals surface area contributed by atoms with E-state index >= 15 is 0 Å². The van der Waals surface area contributed by atoms with Crippen LogP contribution >= 0.6 is 0 Å². The van der Waals surface area contributed by atoms with E-state index in [-0.39, 0.29) is 0 Å². The van der Waals surface area contributed by atoms with E-state index in [9.17, 15) is 4.79 Å². The van der Waals surface area contributed by atoms with Crippen LogP contribution in [0.3, 0.4) is 0 Å². The van der Waals surface area contributed by atoms with Crippen LogP contribution in [0.25, 0.3) is 0 Å². The van der Waals surface area contributed by atoms with Gasteiger partial charge < -0.3 is 15.8 Å². The Balaban J connectivity index is 1.92. The van der Waals surface area contributed by atoms with E-state index in [2.05, 4.69) is 15.2 Å². The second-order valence-electron chi connectivity index (χ2n) is 2.69. The van der Waals surface area contributed by atoms with Crippen LogP contribution in [0.15, 0.2) is 18.5 Å². The van der Waals surface area contributed by atoms with Crippen LogP contribution in [-0.2, 0) is 11.3 Å². The zero-order valence-electron chi connectivity index (χ0n) is 7.85. The molecule has 1 heterocycles. The minimum atomic E-state index is -0.737. The summed E-state index contributed by atoms with van der Waals surface area (Å²) in [4.78, 5) is 10.2. The molecular weight excluding hydrogens is 184 g/mol. The van der Waals surface area contributed by atoms with Gasteiger partial charge in [0.25, 0.3) is 0 Å². The van der Waals surface area contributed by atoms with Crippen molar-refractivity contribution in [2.45, 2.75) is 6.54 Å². The van der Waals surface area contributed by atoms with Crippen molar-refractivity contribution in [2.24, 2.45) is 5.73 Å². The molecule has 1 amide bonds. The average Bonchev–Trinajstić information content (AvgIpc) is 2.63. The molecule has 0 atom stereocenters. The van der Waals surface area contributed by atoms with Crippen LogP contribution in [0, 0.1) is 0 Å². The van der Waals surface area contributed by atoms with Crippen molar-refractivity contribution in [1.29, 1.82) is 0 Å². The lowest BCUT2D eigenvalue weighted by Gasteiger charge is -2.04. The van der Waals surface area contributed by atoms with E-state index in [4.69, 9.17) is 5.73 Å². The summed E-state index contributed by atoms with van der Waals surface area (Å²) >= 11 is 0. The summed E-state index contributed by atoms with van der Waals surface area (Å²) in [6, 6.07) is 1.87. The zero-order valence-corrected chi connectivity index (χ0v) is 7.85. The number of carbonyl (C=O) groups is 1. The van der Waals surface area contributed by atoms with Crippen LogP contribution < -0.4 is 11.1 Å². The maximum absolute atomic E-state index is 10.2. The van der Waals surface area contributed by atoms with Crippen LogP contribution in [-0.4, -0.2) is 35.6 Å². The van der Waals surface area contributed by atoms with Crippen molar-refractivity contribution in [3.05, 3.63) is 18.5 Å². The molecule has 1 aromatic rings. The molecule has 6 nitrogen and oxygen atoms in total. The predicted octanol–water partition coefficient (Wildman–Crippen LogP) is -0.432. The standard InChI is InChI=1S/C8H14N4O2/c9-8(13)14-7-4-10-3-6-12-5-1-2-11-12/h1-2,5,10H,3-4,6-7H2,(H2,9,13). The van der Waals surface area contributed by atoms with Crippen LogP contribution in [0.4, 0.5) is 4.79 Å². The maximum atomic E-state index is 10.2. The van der Waals surface area contributed by atoms with Gasteiger partial charge in [0.2, 0.25) is 0 Å². The molecule has 3 N–H and O–H groups in total. The summed E-state index contributed by atoms with van der Waals surface area (Å²) in [6.45, 7) is 2.48. The van der Waals surface area contributed by atoms with Crippen molar-refractivity contribution < 1.29 is 9.53 Å². The van der Waals surface area contributed by atoms with Gasteiger partial charge in [-0.1, -0.05) is 0 Å². The number of primary amides is 1. The number of ether oxygens (including phenoxy) is 1. The van der Waals surface area contributed by atoms with Crippen molar-refractivity contribution in [2.75, 3.05) is 19.7 Å². The zero-order chi connectivity index (χ0) is 10.2. The molecule has 78 valence electrons. The Bertz CT molecular complexity index is 260. The van der Waals surface area contributed by atoms with Crippen LogP contribution in [0.2, 0.25) is 0 Å². The minimum Gasteiger partial charge on any atom is -0.448 e. The molecule has 0 bridgehead atoms. The van der Waals surface area contributed by atoms with Gasteiger partial charge in [-0.2, -0.15) is 5.10 Å². The first kappa shape index (κ1) is 10.5. The summed E-state index contributed by atoms with van der Waals surface area (Å²) in [6.07, 6.45) is 2.89. The fourth-order valence-electron chi connectivity index (χ4n) is 0.975. The molecule has 6 heteroatoms. The molecule has 14 heavy (non-hydrogen) atoms. The number of nitrogens with one attached hydrogen (secondary N) is 1. The molecule has 0 aromatic carbocycles. The molecule has 0 unspecified atom stereocenters. The SMILES string of the molecule is NC(=O)OCCNCCn1cccn1. The Kier molecular flexibility index (Phi) is 4.49. The third-order valence-corrected chi connectivity index (χ3v) is 1.60. The summed E-state index contributed by atoms with van der Waals surface area (Å²) in [5.41, 5.74) is 4.78. The molecule has 0 aliphatic carbocycles. The number of carbonyl (C=O) groups excluding carboxylic acids is 1. The third-order valence-electron chi connectivity index (χ3n) is 1.60. The van der Waals surface area contributed by atoms with Crippen LogP contribution in [0.1, 0.15) is 0 Å². The Morgan fingerprint density at radius 1 is 1.57 bits per heavy atom. The number of nitrogens with two attached hydrogens (primary N) is 1. The van der Waals surface area contributed by atoms with Gasteiger partial charge in [0.05, 0.1) is 6.54 Å². The second kappa shape index (κ2) is 5.98. The fourth-order valence-corrected chi connectivity index (χ4v) is 0.975. The number of hydrogen-bond acceptors (Lipinski definition) is 4. The van der Waals surface area contributed by atoms with Gasteiger partial charge in [-0.05, 0) is 6.07 Å². The summed E-state index contributed by atoms with van der Waals surface area (Å²) < 4.78 is 6.35.